The van der Waals surface area contributed by atoms with Gasteiger partial charge in [-0.1, -0.05) is 103 Å². The van der Waals surface area contributed by atoms with Crippen LogP contribution in [-0.2, 0) is 15.5 Å². The van der Waals surface area contributed by atoms with Crippen LogP contribution in [0.3, 0.4) is 0 Å². The zero-order valence-electron chi connectivity index (χ0n) is 14.7. The van der Waals surface area contributed by atoms with Crippen molar-refractivity contribution in [1.82, 2.24) is 0 Å². The molecular formula is C18H38O3S. The second kappa shape index (κ2) is 19.1. The summed E-state index contributed by atoms with van der Waals surface area (Å²) in [6.45, 7) is 2.68. The monoisotopic (exact) mass is 334 g/mol. The highest BCUT2D eigenvalue weighted by molar-refractivity contribution is 7.74. The quantitative estimate of drug-likeness (QED) is 0.233. The van der Waals surface area contributed by atoms with Crippen LogP contribution < -0.4 is 0 Å². The molecule has 0 amide bonds. The average Bonchev–Trinajstić information content (AvgIpc) is 2.50. The SMILES string of the molecule is CCCCCCCCCCCCCCCCCCOS(=O)O. The molecule has 0 aliphatic carbocycles. The molecule has 3 nitrogen and oxygen atoms in total. The number of rotatable bonds is 18. The van der Waals surface area contributed by atoms with Crippen molar-refractivity contribution in [2.45, 2.75) is 110 Å². The van der Waals surface area contributed by atoms with Crippen LogP contribution in [0.5, 0.6) is 0 Å². The van der Waals surface area contributed by atoms with Crippen LogP contribution in [0.1, 0.15) is 110 Å². The Morgan fingerprint density at radius 3 is 1.27 bits per heavy atom. The smallest absolute Gasteiger partial charge is 0.284 e. The molecule has 0 aromatic carbocycles. The predicted molar refractivity (Wildman–Crippen MR) is 96.3 cm³/mol. The third-order valence-corrected chi connectivity index (χ3v) is 4.55. The Morgan fingerprint density at radius 1 is 0.636 bits per heavy atom. The second-order valence-electron chi connectivity index (χ2n) is 6.34. The van der Waals surface area contributed by atoms with Gasteiger partial charge in [-0.2, -0.15) is 4.21 Å². The van der Waals surface area contributed by atoms with Crippen LogP contribution in [0.2, 0.25) is 0 Å². The van der Waals surface area contributed by atoms with E-state index >= 15 is 0 Å². The van der Waals surface area contributed by atoms with Crippen LogP contribution in [0.4, 0.5) is 0 Å². The van der Waals surface area contributed by atoms with Crippen molar-refractivity contribution in [3.05, 3.63) is 0 Å². The molecule has 0 fully saturated rings. The molecule has 0 saturated carbocycles. The fourth-order valence-corrected chi connectivity index (χ4v) is 3.04. The first kappa shape index (κ1) is 22.1. The summed E-state index contributed by atoms with van der Waals surface area (Å²) < 4.78 is 23.3. The Balaban J connectivity index is 2.95. The maximum atomic E-state index is 10.2. The van der Waals surface area contributed by atoms with Crippen LogP contribution >= 0.6 is 0 Å². The van der Waals surface area contributed by atoms with E-state index in [0.29, 0.717) is 6.61 Å². The summed E-state index contributed by atoms with van der Waals surface area (Å²) in [7, 11) is 0. The van der Waals surface area contributed by atoms with Gasteiger partial charge in [-0.25, -0.2) is 0 Å². The van der Waals surface area contributed by atoms with Gasteiger partial charge in [-0.05, 0) is 6.42 Å². The van der Waals surface area contributed by atoms with E-state index in [4.69, 9.17) is 4.55 Å². The fourth-order valence-electron chi connectivity index (χ4n) is 2.78. The summed E-state index contributed by atoms with van der Waals surface area (Å²) in [5.41, 5.74) is 0. The van der Waals surface area contributed by atoms with Gasteiger partial charge < -0.3 is 0 Å². The van der Waals surface area contributed by atoms with E-state index in [2.05, 4.69) is 11.1 Å². The maximum absolute atomic E-state index is 10.2. The summed E-state index contributed by atoms with van der Waals surface area (Å²) in [6, 6.07) is 0. The zero-order valence-corrected chi connectivity index (χ0v) is 15.5. The van der Waals surface area contributed by atoms with Crippen molar-refractivity contribution in [2.24, 2.45) is 0 Å². The molecule has 22 heavy (non-hydrogen) atoms. The highest BCUT2D eigenvalue weighted by Gasteiger charge is 1.96. The Bertz CT molecular complexity index is 234. The largest absolute Gasteiger partial charge is 0.301 e. The Kier molecular flexibility index (Phi) is 19.2. The highest BCUT2D eigenvalue weighted by atomic mass is 32.2. The summed E-state index contributed by atoms with van der Waals surface area (Å²) >= 11 is -2.08. The minimum atomic E-state index is -2.08. The summed E-state index contributed by atoms with van der Waals surface area (Å²) in [5.74, 6) is 0. The molecule has 1 N–H and O–H groups in total. The van der Waals surface area contributed by atoms with Gasteiger partial charge in [0.1, 0.15) is 0 Å². The molecule has 4 heteroatoms. The van der Waals surface area contributed by atoms with Crippen LogP contribution in [0.25, 0.3) is 0 Å². The number of unbranched alkanes of at least 4 members (excludes halogenated alkanes) is 15. The molecule has 0 aliphatic rings. The molecule has 0 rings (SSSR count). The molecule has 0 heterocycles. The second-order valence-corrected chi connectivity index (χ2v) is 7.01. The average molecular weight is 335 g/mol. The van der Waals surface area contributed by atoms with Crippen LogP contribution in [0.15, 0.2) is 0 Å². The van der Waals surface area contributed by atoms with Gasteiger partial charge in [0.2, 0.25) is 0 Å². The standard InChI is InChI=1S/C18H38O3S/c1-2-3-4-5-6-7-8-9-10-11-12-13-14-15-16-17-18-21-22(19)20/h2-18H2,1H3,(H,19,20). The van der Waals surface area contributed by atoms with Gasteiger partial charge in [0.15, 0.2) is 0 Å². The molecule has 0 aliphatic heterocycles. The van der Waals surface area contributed by atoms with Gasteiger partial charge in [0.05, 0.1) is 6.61 Å². The summed E-state index contributed by atoms with van der Waals surface area (Å²) in [5, 5.41) is 0. The third kappa shape index (κ3) is 20.1. The van der Waals surface area contributed by atoms with Gasteiger partial charge in [-0.3, -0.25) is 8.74 Å². The molecule has 0 aromatic rings. The molecule has 0 aromatic heterocycles. The van der Waals surface area contributed by atoms with Crippen molar-refractivity contribution in [3.63, 3.8) is 0 Å². The van der Waals surface area contributed by atoms with Crippen LogP contribution in [-0.4, -0.2) is 15.4 Å². The first-order chi connectivity index (χ1) is 10.8. The highest BCUT2D eigenvalue weighted by Crippen LogP contribution is 2.13. The minimum Gasteiger partial charge on any atom is -0.284 e. The third-order valence-electron chi connectivity index (χ3n) is 4.18. The first-order valence-electron chi connectivity index (χ1n) is 9.51. The van der Waals surface area contributed by atoms with Crippen molar-refractivity contribution in [2.75, 3.05) is 6.61 Å². The Labute approximate surface area is 141 Å². The van der Waals surface area contributed by atoms with E-state index in [-0.39, 0.29) is 0 Å². The molecule has 0 saturated heterocycles. The normalized spacial score (nSPS) is 12.6. The lowest BCUT2D eigenvalue weighted by Crippen LogP contribution is -1.97. The van der Waals surface area contributed by atoms with Crippen molar-refractivity contribution in [3.8, 4) is 0 Å². The fraction of sp³-hybridized carbons (Fsp3) is 1.00. The molecule has 1 atom stereocenters. The number of hydrogen-bond acceptors (Lipinski definition) is 2. The molecule has 0 spiro atoms. The lowest BCUT2D eigenvalue weighted by atomic mass is 10.0. The lowest BCUT2D eigenvalue weighted by molar-refractivity contribution is 0.296. The number of hydrogen-bond donors (Lipinski definition) is 1. The minimum absolute atomic E-state index is 0.404. The Hall–Kier alpha value is 0.0700. The summed E-state index contributed by atoms with van der Waals surface area (Å²) in [4.78, 5) is 0. The van der Waals surface area contributed by atoms with Crippen molar-refractivity contribution >= 4 is 11.4 Å². The van der Waals surface area contributed by atoms with Gasteiger partial charge >= 0.3 is 11.4 Å². The Morgan fingerprint density at radius 2 is 0.955 bits per heavy atom. The zero-order chi connectivity index (χ0) is 16.3. The predicted octanol–water partition coefficient (Wildman–Crippen LogP) is 6.40. The molecule has 134 valence electrons. The van der Waals surface area contributed by atoms with E-state index in [1.165, 1.54) is 89.9 Å². The van der Waals surface area contributed by atoms with E-state index in [1.807, 2.05) is 0 Å². The first-order valence-corrected chi connectivity index (χ1v) is 10.5. The molecule has 0 radical (unpaired) electrons. The van der Waals surface area contributed by atoms with E-state index in [9.17, 15) is 4.21 Å². The topological polar surface area (TPSA) is 46.5 Å². The lowest BCUT2D eigenvalue weighted by Gasteiger charge is -2.03. The van der Waals surface area contributed by atoms with Gasteiger partial charge in [-0.15, -0.1) is 0 Å². The van der Waals surface area contributed by atoms with Crippen LogP contribution in [0, 0.1) is 0 Å². The van der Waals surface area contributed by atoms with Gasteiger partial charge in [0, 0.05) is 0 Å². The molecule has 0 bridgehead atoms. The molecular weight excluding hydrogens is 296 g/mol. The van der Waals surface area contributed by atoms with Gasteiger partial charge in [0.25, 0.3) is 0 Å². The van der Waals surface area contributed by atoms with Crippen molar-refractivity contribution in [1.29, 1.82) is 0 Å². The van der Waals surface area contributed by atoms with E-state index in [1.54, 1.807) is 0 Å². The van der Waals surface area contributed by atoms with Crippen molar-refractivity contribution < 1.29 is 12.9 Å². The maximum Gasteiger partial charge on any atom is 0.301 e. The van der Waals surface area contributed by atoms with E-state index < -0.39 is 11.4 Å². The summed E-state index contributed by atoms with van der Waals surface area (Å²) in [6.07, 6.45) is 21.4. The van der Waals surface area contributed by atoms with E-state index in [0.717, 1.165) is 12.8 Å². The molecule has 1 unspecified atom stereocenters.